The van der Waals surface area contributed by atoms with Crippen molar-refractivity contribution >= 4 is 55.6 Å². The van der Waals surface area contributed by atoms with E-state index in [0.717, 1.165) is 14.9 Å². The lowest BCUT2D eigenvalue weighted by molar-refractivity contribution is -0.384. The van der Waals surface area contributed by atoms with E-state index < -0.39 is 4.92 Å². The molecule has 0 saturated carbocycles. The summed E-state index contributed by atoms with van der Waals surface area (Å²) in [5, 5.41) is 14.8. The molecular weight excluding hydrogens is 502 g/mol. The fourth-order valence-electron chi connectivity index (χ4n) is 2.88. The first-order valence-electron chi connectivity index (χ1n) is 8.99. The molecule has 0 radical (unpaired) electrons. The fourth-order valence-corrected chi connectivity index (χ4v) is 4.26. The van der Waals surface area contributed by atoms with Crippen LogP contribution in [0.3, 0.4) is 0 Å². The Kier molecular flexibility index (Phi) is 6.13. The van der Waals surface area contributed by atoms with Crippen molar-refractivity contribution in [1.82, 2.24) is 4.98 Å². The van der Waals surface area contributed by atoms with E-state index in [1.54, 1.807) is 48.5 Å². The average Bonchev–Trinajstić information content (AvgIpc) is 3.18. The van der Waals surface area contributed by atoms with Gasteiger partial charge in [0, 0.05) is 32.8 Å². The van der Waals surface area contributed by atoms with E-state index in [0.29, 0.717) is 27.0 Å². The third-order valence-electron chi connectivity index (χ3n) is 4.41. The van der Waals surface area contributed by atoms with Gasteiger partial charge in [-0.05, 0) is 54.1 Å². The molecule has 3 aromatic carbocycles. The zero-order valence-electron chi connectivity index (χ0n) is 15.7. The van der Waals surface area contributed by atoms with Crippen LogP contribution >= 0.6 is 38.9 Å². The fraction of sp³-hybridized carbons (Fsp3) is 0. The number of aromatic nitrogens is 1. The summed E-state index contributed by atoms with van der Waals surface area (Å²) in [6.45, 7) is 0. The molecule has 0 aliphatic carbocycles. The lowest BCUT2D eigenvalue weighted by Gasteiger charge is -2.03. The van der Waals surface area contributed by atoms with Crippen LogP contribution in [0.15, 0.2) is 77.3 Å². The summed E-state index contributed by atoms with van der Waals surface area (Å²) in [6.07, 6.45) is 0. The second kappa shape index (κ2) is 8.97. The van der Waals surface area contributed by atoms with Gasteiger partial charge < -0.3 is 0 Å². The molecule has 1 aromatic heterocycles. The van der Waals surface area contributed by atoms with Crippen LogP contribution in [0.5, 0.6) is 0 Å². The van der Waals surface area contributed by atoms with Gasteiger partial charge in [0.05, 0.1) is 15.5 Å². The van der Waals surface area contributed by atoms with Gasteiger partial charge >= 0.3 is 0 Å². The Hall–Kier alpha value is -3.07. The van der Waals surface area contributed by atoms with Crippen molar-refractivity contribution in [3.8, 4) is 21.7 Å². The molecule has 6 nitrogen and oxygen atoms in total. The lowest BCUT2D eigenvalue weighted by Crippen LogP contribution is -2.11. The van der Waals surface area contributed by atoms with Crippen molar-refractivity contribution in [2.45, 2.75) is 0 Å². The highest BCUT2D eigenvalue weighted by Gasteiger charge is 2.18. The number of benzene rings is 3. The molecule has 0 fully saturated rings. The molecule has 0 atom stereocenters. The Morgan fingerprint density at radius 2 is 1.58 bits per heavy atom. The number of nitro benzene ring substituents is 1. The zero-order valence-corrected chi connectivity index (χ0v) is 18.9. The number of non-ortho nitro benzene ring substituents is 1. The first kappa shape index (κ1) is 21.2. The van der Waals surface area contributed by atoms with Crippen molar-refractivity contribution < 1.29 is 9.72 Å². The van der Waals surface area contributed by atoms with Gasteiger partial charge in [0.25, 0.3) is 11.6 Å². The molecule has 31 heavy (non-hydrogen) atoms. The molecule has 4 aromatic rings. The summed E-state index contributed by atoms with van der Waals surface area (Å²) in [5.41, 5.74) is 2.70. The van der Waals surface area contributed by atoms with Crippen LogP contribution in [-0.2, 0) is 0 Å². The molecule has 1 N–H and O–H groups in total. The maximum Gasteiger partial charge on any atom is 0.269 e. The summed E-state index contributed by atoms with van der Waals surface area (Å²) < 4.78 is 0.879. The van der Waals surface area contributed by atoms with Gasteiger partial charge in [0.15, 0.2) is 5.13 Å². The number of anilines is 1. The largest absolute Gasteiger partial charge is 0.298 e. The number of amides is 1. The van der Waals surface area contributed by atoms with Gasteiger partial charge in [-0.25, -0.2) is 4.98 Å². The standard InChI is InChI=1S/C22H13BrClN3O3S/c23-16-7-1-15(2-8-16)21(28)26-22-25-19(13-5-11-18(12-6-13)27(29)30)20(31-22)14-3-9-17(24)10-4-14/h1-12H,(H,25,26,28). The van der Waals surface area contributed by atoms with Crippen molar-refractivity contribution in [1.29, 1.82) is 0 Å². The van der Waals surface area contributed by atoms with Gasteiger partial charge in [0.2, 0.25) is 0 Å². The summed E-state index contributed by atoms with van der Waals surface area (Å²) >= 11 is 10.7. The highest BCUT2D eigenvalue weighted by atomic mass is 79.9. The van der Waals surface area contributed by atoms with Crippen LogP contribution < -0.4 is 5.32 Å². The van der Waals surface area contributed by atoms with Crippen molar-refractivity contribution in [3.05, 3.63) is 98.0 Å². The van der Waals surface area contributed by atoms with Crippen molar-refractivity contribution in [2.24, 2.45) is 0 Å². The quantitative estimate of drug-likeness (QED) is 0.228. The third-order valence-corrected chi connectivity index (χ3v) is 6.21. The monoisotopic (exact) mass is 513 g/mol. The highest BCUT2D eigenvalue weighted by molar-refractivity contribution is 9.10. The molecule has 0 spiro atoms. The Morgan fingerprint density at radius 3 is 2.19 bits per heavy atom. The molecule has 1 amide bonds. The van der Waals surface area contributed by atoms with Gasteiger partial charge in [-0.3, -0.25) is 20.2 Å². The Bertz CT molecular complexity index is 1260. The zero-order chi connectivity index (χ0) is 22.0. The van der Waals surface area contributed by atoms with Gasteiger partial charge in [-0.1, -0.05) is 51.0 Å². The van der Waals surface area contributed by atoms with E-state index >= 15 is 0 Å². The highest BCUT2D eigenvalue weighted by Crippen LogP contribution is 2.40. The van der Waals surface area contributed by atoms with Crippen LogP contribution in [-0.4, -0.2) is 15.8 Å². The van der Waals surface area contributed by atoms with E-state index in [-0.39, 0.29) is 11.6 Å². The summed E-state index contributed by atoms with van der Waals surface area (Å²) in [4.78, 5) is 28.6. The number of hydrogen-bond donors (Lipinski definition) is 1. The molecule has 154 valence electrons. The summed E-state index contributed by atoms with van der Waals surface area (Å²) in [5.74, 6) is -0.279. The predicted molar refractivity (Wildman–Crippen MR) is 127 cm³/mol. The topological polar surface area (TPSA) is 85.1 Å². The molecule has 1 heterocycles. The van der Waals surface area contributed by atoms with Gasteiger partial charge in [-0.2, -0.15) is 0 Å². The number of nitrogens with zero attached hydrogens (tertiary/aromatic N) is 2. The van der Waals surface area contributed by atoms with Crippen molar-refractivity contribution in [2.75, 3.05) is 5.32 Å². The number of nitro groups is 1. The van der Waals surface area contributed by atoms with Crippen LogP contribution in [0, 0.1) is 10.1 Å². The van der Waals surface area contributed by atoms with E-state index in [2.05, 4.69) is 26.2 Å². The number of nitrogens with one attached hydrogen (secondary N) is 1. The Balaban J connectivity index is 1.72. The van der Waals surface area contributed by atoms with Gasteiger partial charge in [-0.15, -0.1) is 0 Å². The van der Waals surface area contributed by atoms with Crippen molar-refractivity contribution in [3.63, 3.8) is 0 Å². The third kappa shape index (κ3) is 4.82. The van der Waals surface area contributed by atoms with E-state index in [9.17, 15) is 14.9 Å². The molecule has 0 aliphatic heterocycles. The predicted octanol–water partition coefficient (Wildman–Crippen LogP) is 7.05. The number of carbonyl (C=O) groups is 1. The number of thiazole rings is 1. The maximum absolute atomic E-state index is 12.6. The minimum Gasteiger partial charge on any atom is -0.298 e. The summed E-state index contributed by atoms with van der Waals surface area (Å²) in [6, 6.07) is 20.4. The van der Waals surface area contributed by atoms with E-state index in [4.69, 9.17) is 11.6 Å². The molecule has 9 heteroatoms. The Morgan fingerprint density at radius 1 is 0.968 bits per heavy atom. The maximum atomic E-state index is 12.6. The summed E-state index contributed by atoms with van der Waals surface area (Å²) in [7, 11) is 0. The molecule has 0 saturated heterocycles. The number of rotatable bonds is 5. The lowest BCUT2D eigenvalue weighted by atomic mass is 10.1. The first-order chi connectivity index (χ1) is 14.9. The number of carbonyl (C=O) groups excluding carboxylic acids is 1. The molecular formula is C22H13BrClN3O3S. The van der Waals surface area contributed by atoms with Crippen LogP contribution in [0.25, 0.3) is 21.7 Å². The van der Waals surface area contributed by atoms with Gasteiger partial charge in [0.1, 0.15) is 0 Å². The average molecular weight is 515 g/mol. The number of hydrogen-bond acceptors (Lipinski definition) is 5. The molecule has 0 aliphatic rings. The van der Waals surface area contributed by atoms with E-state index in [1.807, 2.05) is 12.1 Å². The van der Waals surface area contributed by atoms with E-state index in [1.165, 1.54) is 23.5 Å². The normalized spacial score (nSPS) is 10.6. The smallest absolute Gasteiger partial charge is 0.269 e. The Labute approximate surface area is 194 Å². The SMILES string of the molecule is O=C(Nc1nc(-c2ccc([N+](=O)[O-])cc2)c(-c2ccc(Cl)cc2)s1)c1ccc(Br)cc1. The minimum atomic E-state index is -0.450. The van der Waals surface area contributed by atoms with Crippen LogP contribution in [0.1, 0.15) is 10.4 Å². The first-order valence-corrected chi connectivity index (χ1v) is 11.0. The molecule has 4 rings (SSSR count). The second-order valence-corrected chi connectivity index (χ2v) is 8.82. The van der Waals surface area contributed by atoms with Crippen LogP contribution in [0.2, 0.25) is 5.02 Å². The molecule has 0 bridgehead atoms. The molecule has 0 unspecified atom stereocenters. The minimum absolute atomic E-state index is 0.00390. The number of halogens is 2. The van der Waals surface area contributed by atoms with Crippen LogP contribution in [0.4, 0.5) is 10.8 Å². The second-order valence-electron chi connectivity index (χ2n) is 6.47.